The number of morpholine rings is 2. The summed E-state index contributed by atoms with van der Waals surface area (Å²) in [6.07, 6.45) is 3.70. The van der Waals surface area contributed by atoms with Crippen LogP contribution in [0.4, 0.5) is 5.82 Å². The lowest BCUT2D eigenvalue weighted by Gasteiger charge is -2.34. The summed E-state index contributed by atoms with van der Waals surface area (Å²) in [4.78, 5) is 18.4. The predicted octanol–water partition coefficient (Wildman–Crippen LogP) is 1.34. The molecule has 4 heterocycles. The molecule has 2 fully saturated rings. The number of hydrogen-bond donors (Lipinski definition) is 0. The lowest BCUT2D eigenvalue weighted by Crippen LogP contribution is -2.40. The van der Waals surface area contributed by atoms with Crippen LogP contribution in [0.2, 0.25) is 0 Å². The van der Waals surface area contributed by atoms with Gasteiger partial charge in [0.2, 0.25) is 0 Å². The minimum Gasteiger partial charge on any atom is -0.378 e. The molecule has 1 atom stereocenters. The number of aromatic nitrogens is 3. The summed E-state index contributed by atoms with van der Waals surface area (Å²) in [5, 5.41) is 3.13. The Morgan fingerprint density at radius 1 is 1.08 bits per heavy atom. The van der Waals surface area contributed by atoms with Crippen molar-refractivity contribution in [3.8, 4) is 0 Å². The Balaban J connectivity index is 1.53. The molecule has 24 heavy (non-hydrogen) atoms. The molecule has 2 saturated heterocycles. The highest BCUT2D eigenvalue weighted by molar-refractivity contribution is 7.09. The van der Waals surface area contributed by atoms with E-state index in [0.29, 0.717) is 6.61 Å². The van der Waals surface area contributed by atoms with E-state index in [-0.39, 0.29) is 6.04 Å². The zero-order valence-electron chi connectivity index (χ0n) is 13.5. The second-order valence-corrected chi connectivity index (χ2v) is 6.84. The summed E-state index contributed by atoms with van der Waals surface area (Å²) in [6, 6.07) is 2.05. The molecule has 7 nitrogen and oxygen atoms in total. The van der Waals surface area contributed by atoms with Gasteiger partial charge >= 0.3 is 0 Å². The molecule has 8 heteroatoms. The molecule has 0 amide bonds. The first-order valence-electron chi connectivity index (χ1n) is 8.26. The van der Waals surface area contributed by atoms with Gasteiger partial charge < -0.3 is 14.4 Å². The molecular weight excluding hydrogens is 326 g/mol. The Hall–Kier alpha value is -1.61. The summed E-state index contributed by atoms with van der Waals surface area (Å²) in [7, 11) is 0. The van der Waals surface area contributed by atoms with Crippen LogP contribution in [-0.2, 0) is 16.0 Å². The quantitative estimate of drug-likeness (QED) is 0.827. The fourth-order valence-corrected chi connectivity index (χ4v) is 3.70. The van der Waals surface area contributed by atoms with E-state index in [9.17, 15) is 0 Å². The molecule has 0 spiro atoms. The Morgan fingerprint density at radius 3 is 2.79 bits per heavy atom. The third-order valence-electron chi connectivity index (χ3n) is 4.35. The van der Waals surface area contributed by atoms with E-state index in [0.717, 1.165) is 62.6 Å². The van der Waals surface area contributed by atoms with Crippen molar-refractivity contribution in [2.24, 2.45) is 0 Å². The van der Waals surface area contributed by atoms with Gasteiger partial charge in [-0.2, -0.15) is 0 Å². The number of nitrogens with zero attached hydrogens (tertiary/aromatic N) is 5. The van der Waals surface area contributed by atoms with Crippen LogP contribution in [0, 0.1) is 0 Å². The van der Waals surface area contributed by atoms with Gasteiger partial charge in [0.1, 0.15) is 16.6 Å². The summed E-state index contributed by atoms with van der Waals surface area (Å²) in [5.74, 6) is 1.80. The number of thiazole rings is 1. The van der Waals surface area contributed by atoms with Crippen molar-refractivity contribution in [3.63, 3.8) is 0 Å². The average Bonchev–Trinajstić information content (AvgIpc) is 3.16. The first kappa shape index (κ1) is 15.9. The van der Waals surface area contributed by atoms with Gasteiger partial charge in [0.25, 0.3) is 0 Å². The van der Waals surface area contributed by atoms with Gasteiger partial charge in [0.05, 0.1) is 39.0 Å². The van der Waals surface area contributed by atoms with Crippen LogP contribution in [0.3, 0.4) is 0 Å². The van der Waals surface area contributed by atoms with E-state index in [1.54, 1.807) is 11.3 Å². The van der Waals surface area contributed by atoms with Crippen molar-refractivity contribution in [2.75, 3.05) is 51.0 Å². The number of ether oxygens (including phenoxy) is 2. The first-order chi connectivity index (χ1) is 11.9. The molecule has 0 aliphatic carbocycles. The highest BCUT2D eigenvalue weighted by Crippen LogP contribution is 2.25. The molecular formula is C16H21N5O2S. The monoisotopic (exact) mass is 347 g/mol. The normalized spacial score (nSPS) is 22.7. The fraction of sp³-hybridized carbons (Fsp3) is 0.562. The highest BCUT2D eigenvalue weighted by atomic mass is 32.1. The van der Waals surface area contributed by atoms with Gasteiger partial charge in [-0.15, -0.1) is 11.3 Å². The van der Waals surface area contributed by atoms with E-state index in [1.165, 1.54) is 0 Å². The van der Waals surface area contributed by atoms with Gasteiger partial charge in [-0.05, 0) is 6.07 Å². The minimum atomic E-state index is 0.0728. The zero-order chi connectivity index (χ0) is 16.2. The molecule has 2 aliphatic heterocycles. The summed E-state index contributed by atoms with van der Waals surface area (Å²) < 4.78 is 11.1. The van der Waals surface area contributed by atoms with Gasteiger partial charge in [0, 0.05) is 37.4 Å². The minimum absolute atomic E-state index is 0.0728. The summed E-state index contributed by atoms with van der Waals surface area (Å²) >= 11 is 1.68. The Morgan fingerprint density at radius 2 is 1.96 bits per heavy atom. The van der Waals surface area contributed by atoms with Crippen molar-refractivity contribution < 1.29 is 9.47 Å². The van der Waals surface area contributed by atoms with E-state index in [4.69, 9.17) is 14.5 Å². The average molecular weight is 347 g/mol. The summed E-state index contributed by atoms with van der Waals surface area (Å²) in [5.41, 5.74) is 0. The molecule has 0 aromatic carbocycles. The van der Waals surface area contributed by atoms with Gasteiger partial charge in [-0.3, -0.25) is 4.90 Å². The van der Waals surface area contributed by atoms with Crippen LogP contribution < -0.4 is 4.90 Å². The van der Waals surface area contributed by atoms with Gasteiger partial charge in [0.15, 0.2) is 0 Å². The van der Waals surface area contributed by atoms with Crippen molar-refractivity contribution >= 4 is 17.2 Å². The molecule has 2 aromatic heterocycles. The fourth-order valence-electron chi connectivity index (χ4n) is 3.06. The lowest BCUT2D eigenvalue weighted by atomic mass is 10.2. The highest BCUT2D eigenvalue weighted by Gasteiger charge is 2.28. The SMILES string of the molecule is c1cc(N2CCOCC2)nc(C2COCCN2Cc2nccs2)n1. The van der Waals surface area contributed by atoms with Gasteiger partial charge in [-0.25, -0.2) is 15.0 Å². The molecule has 2 aliphatic rings. The third-order valence-corrected chi connectivity index (χ3v) is 5.12. The van der Waals surface area contributed by atoms with Crippen molar-refractivity contribution in [2.45, 2.75) is 12.6 Å². The van der Waals surface area contributed by atoms with Crippen molar-refractivity contribution in [3.05, 3.63) is 34.7 Å². The maximum absolute atomic E-state index is 5.70. The van der Waals surface area contributed by atoms with Crippen LogP contribution in [0.25, 0.3) is 0 Å². The number of hydrogen-bond acceptors (Lipinski definition) is 8. The second kappa shape index (κ2) is 7.52. The zero-order valence-corrected chi connectivity index (χ0v) is 14.3. The molecule has 2 aromatic rings. The second-order valence-electron chi connectivity index (χ2n) is 5.86. The molecule has 0 bridgehead atoms. The van der Waals surface area contributed by atoms with E-state index >= 15 is 0 Å². The summed E-state index contributed by atoms with van der Waals surface area (Å²) in [6.45, 7) is 6.31. The van der Waals surface area contributed by atoms with Crippen molar-refractivity contribution in [1.29, 1.82) is 0 Å². The van der Waals surface area contributed by atoms with E-state index < -0.39 is 0 Å². The van der Waals surface area contributed by atoms with Crippen LogP contribution in [0.15, 0.2) is 23.8 Å². The first-order valence-corrected chi connectivity index (χ1v) is 9.14. The molecule has 4 rings (SSSR count). The predicted molar refractivity (Wildman–Crippen MR) is 91.1 cm³/mol. The number of anilines is 1. The molecule has 128 valence electrons. The molecule has 0 saturated carbocycles. The molecule has 0 N–H and O–H groups in total. The van der Waals surface area contributed by atoms with Crippen LogP contribution in [0.1, 0.15) is 16.9 Å². The Kier molecular flexibility index (Phi) is 4.98. The maximum atomic E-state index is 5.70. The maximum Gasteiger partial charge on any atom is 0.150 e. The Bertz CT molecular complexity index is 648. The standard InChI is InChI=1S/C16H21N5O2S/c1-2-18-16(19-14(1)20-4-7-22-8-5-20)13-12-23-9-6-21(13)11-15-17-3-10-24-15/h1-3,10,13H,4-9,11-12H2. The third kappa shape index (κ3) is 3.56. The molecule has 1 unspecified atom stereocenters. The smallest absolute Gasteiger partial charge is 0.150 e. The van der Waals surface area contributed by atoms with Crippen LogP contribution in [-0.4, -0.2) is 65.9 Å². The Labute approximate surface area is 145 Å². The molecule has 0 radical (unpaired) electrons. The van der Waals surface area contributed by atoms with Crippen molar-refractivity contribution in [1.82, 2.24) is 19.9 Å². The lowest BCUT2D eigenvalue weighted by molar-refractivity contribution is -0.0159. The van der Waals surface area contributed by atoms with Crippen LogP contribution >= 0.6 is 11.3 Å². The number of rotatable bonds is 4. The van der Waals surface area contributed by atoms with E-state index in [1.807, 2.05) is 23.8 Å². The largest absolute Gasteiger partial charge is 0.378 e. The van der Waals surface area contributed by atoms with Crippen LogP contribution in [0.5, 0.6) is 0 Å². The topological polar surface area (TPSA) is 63.6 Å². The van der Waals surface area contributed by atoms with Gasteiger partial charge in [-0.1, -0.05) is 0 Å². The van der Waals surface area contributed by atoms with E-state index in [2.05, 4.69) is 19.8 Å².